The first-order chi connectivity index (χ1) is 11.9. The Labute approximate surface area is 145 Å². The van der Waals surface area contributed by atoms with Crippen LogP contribution in [0, 0.1) is 5.41 Å². The minimum absolute atomic E-state index is 0.197. The number of aromatic nitrogens is 1. The Hall–Kier alpha value is -3.07. The highest BCUT2D eigenvalue weighted by molar-refractivity contribution is 7.07. The van der Waals surface area contributed by atoms with Gasteiger partial charge in [0.2, 0.25) is 11.8 Å². The van der Waals surface area contributed by atoms with Gasteiger partial charge in [-0.25, -0.2) is 4.98 Å². The maximum absolute atomic E-state index is 13.1. The summed E-state index contributed by atoms with van der Waals surface area (Å²) >= 11 is 1.26. The van der Waals surface area contributed by atoms with Crippen LogP contribution in [0.2, 0.25) is 0 Å². The van der Waals surface area contributed by atoms with Crippen molar-refractivity contribution in [3.63, 3.8) is 0 Å². The molecule has 1 unspecified atom stereocenters. The zero-order valence-electron chi connectivity index (χ0n) is 12.8. The highest BCUT2D eigenvalue weighted by Crippen LogP contribution is 2.36. The molecule has 1 aliphatic heterocycles. The highest BCUT2D eigenvalue weighted by atomic mass is 32.1. The fraction of sp³-hybridized carbons (Fsp3) is 0.188. The van der Waals surface area contributed by atoms with E-state index in [9.17, 15) is 19.2 Å². The Bertz CT molecular complexity index is 864. The van der Waals surface area contributed by atoms with E-state index in [0.717, 1.165) is 0 Å². The number of carboxylic acid groups (broad SMARTS) is 1. The van der Waals surface area contributed by atoms with Gasteiger partial charge in [-0.3, -0.25) is 19.2 Å². The number of anilines is 1. The number of para-hydroxylation sites is 1. The molecular formula is C16H13N3O5S. The molecule has 0 saturated carbocycles. The predicted octanol–water partition coefficient (Wildman–Crippen LogP) is 0.708. The van der Waals surface area contributed by atoms with Crippen molar-refractivity contribution in [3.8, 4) is 0 Å². The van der Waals surface area contributed by atoms with Gasteiger partial charge < -0.3 is 15.7 Å². The van der Waals surface area contributed by atoms with E-state index in [1.54, 1.807) is 23.6 Å². The Kier molecular flexibility index (Phi) is 4.32. The summed E-state index contributed by atoms with van der Waals surface area (Å²) < 4.78 is 0. The fourth-order valence-electron chi connectivity index (χ4n) is 2.70. The highest BCUT2D eigenvalue weighted by Gasteiger charge is 2.56. The van der Waals surface area contributed by atoms with Crippen LogP contribution >= 0.6 is 11.3 Å². The van der Waals surface area contributed by atoms with Crippen LogP contribution in [0.5, 0.6) is 0 Å². The van der Waals surface area contributed by atoms with Crippen molar-refractivity contribution in [1.29, 1.82) is 0 Å². The van der Waals surface area contributed by atoms with Gasteiger partial charge in [0.15, 0.2) is 11.2 Å². The summed E-state index contributed by atoms with van der Waals surface area (Å²) in [5, 5.41) is 15.1. The lowest BCUT2D eigenvalue weighted by Crippen LogP contribution is -2.58. The third-order valence-electron chi connectivity index (χ3n) is 3.91. The molecule has 1 aliphatic rings. The van der Waals surface area contributed by atoms with E-state index in [4.69, 9.17) is 5.11 Å². The summed E-state index contributed by atoms with van der Waals surface area (Å²) in [6, 6.07) is 6.35. The van der Waals surface area contributed by atoms with Crippen LogP contribution in [0.3, 0.4) is 0 Å². The van der Waals surface area contributed by atoms with E-state index in [1.807, 2.05) is 0 Å². The normalized spacial score (nSPS) is 19.0. The number of hydrogen-bond donors (Lipinski definition) is 3. The molecule has 2 heterocycles. The van der Waals surface area contributed by atoms with Crippen LogP contribution in [0.1, 0.15) is 16.1 Å². The van der Waals surface area contributed by atoms with Crippen molar-refractivity contribution in [3.05, 3.63) is 46.4 Å². The first kappa shape index (κ1) is 16.8. The summed E-state index contributed by atoms with van der Waals surface area (Å²) in [7, 11) is 0. The summed E-state index contributed by atoms with van der Waals surface area (Å²) in [5.41, 5.74) is 0.341. The van der Waals surface area contributed by atoms with Crippen molar-refractivity contribution in [2.45, 2.75) is 6.42 Å². The number of benzene rings is 1. The molecule has 0 aliphatic carbocycles. The van der Waals surface area contributed by atoms with Crippen molar-refractivity contribution in [1.82, 2.24) is 10.3 Å². The van der Waals surface area contributed by atoms with Crippen molar-refractivity contribution >= 4 is 40.6 Å². The van der Waals surface area contributed by atoms with Crippen LogP contribution in [0.4, 0.5) is 5.69 Å². The van der Waals surface area contributed by atoms with E-state index < -0.39 is 35.5 Å². The number of amides is 2. The number of Topliss-reactive ketones (excluding diaryl/α,β-unsaturated/α-hetero) is 1. The van der Waals surface area contributed by atoms with Crippen LogP contribution in [-0.2, 0) is 20.8 Å². The number of hydrogen-bond acceptors (Lipinski definition) is 6. The number of carboxylic acids is 1. The van der Waals surface area contributed by atoms with Crippen LogP contribution in [-0.4, -0.2) is 40.2 Å². The van der Waals surface area contributed by atoms with Gasteiger partial charge in [-0.2, -0.15) is 0 Å². The van der Waals surface area contributed by atoms with E-state index in [-0.39, 0.29) is 12.0 Å². The standard InChI is InChI=1S/C16H13N3O5S/c20-12(21)6-17-14(23)16(5-9-7-25-8-18-9)13(22)10-3-1-2-4-11(10)19-15(16)24/h1-4,7-8H,5-6H2,(H,17,23)(H,19,24)(H,20,21). The smallest absolute Gasteiger partial charge is 0.322 e. The SMILES string of the molecule is O=C(O)CNC(=O)C1(Cc2cscn2)C(=O)Nc2ccccc2C1=O. The van der Waals surface area contributed by atoms with Gasteiger partial charge in [-0.05, 0) is 12.1 Å². The fourth-order valence-corrected chi connectivity index (χ4v) is 3.26. The van der Waals surface area contributed by atoms with Gasteiger partial charge in [-0.15, -0.1) is 11.3 Å². The summed E-state index contributed by atoms with van der Waals surface area (Å²) in [6.07, 6.45) is -0.249. The van der Waals surface area contributed by atoms with Crippen LogP contribution in [0.15, 0.2) is 35.2 Å². The molecule has 128 valence electrons. The maximum atomic E-state index is 13.1. The third-order valence-corrected chi connectivity index (χ3v) is 4.55. The molecule has 0 fully saturated rings. The molecule has 25 heavy (non-hydrogen) atoms. The van der Waals surface area contributed by atoms with Crippen LogP contribution < -0.4 is 10.6 Å². The minimum atomic E-state index is -2.10. The average molecular weight is 359 g/mol. The number of ketones is 1. The Morgan fingerprint density at radius 2 is 2.04 bits per heavy atom. The van der Waals surface area contributed by atoms with E-state index >= 15 is 0 Å². The number of thiazole rings is 1. The predicted molar refractivity (Wildman–Crippen MR) is 88.3 cm³/mol. The van der Waals surface area contributed by atoms with Crippen LogP contribution in [0.25, 0.3) is 0 Å². The Morgan fingerprint density at radius 3 is 2.72 bits per heavy atom. The van der Waals surface area contributed by atoms with Crippen molar-refractivity contribution < 1.29 is 24.3 Å². The number of fused-ring (bicyclic) bond motifs is 1. The first-order valence-corrected chi connectivity index (χ1v) is 8.22. The molecular weight excluding hydrogens is 346 g/mol. The molecule has 2 aromatic rings. The Balaban J connectivity index is 2.07. The second kappa shape index (κ2) is 6.44. The second-order valence-electron chi connectivity index (χ2n) is 5.47. The lowest BCUT2D eigenvalue weighted by atomic mass is 9.72. The monoisotopic (exact) mass is 359 g/mol. The minimum Gasteiger partial charge on any atom is -0.480 e. The number of carbonyl (C=O) groups is 4. The molecule has 1 aromatic heterocycles. The molecule has 3 rings (SSSR count). The topological polar surface area (TPSA) is 125 Å². The number of aliphatic carboxylic acids is 1. The summed E-state index contributed by atoms with van der Waals surface area (Å²) in [5.74, 6) is -3.71. The quantitative estimate of drug-likeness (QED) is 0.675. The molecule has 2 amide bonds. The molecule has 1 atom stereocenters. The zero-order valence-corrected chi connectivity index (χ0v) is 13.6. The number of nitrogens with zero attached hydrogens (tertiary/aromatic N) is 1. The molecule has 0 saturated heterocycles. The van der Waals surface area contributed by atoms with Gasteiger partial charge >= 0.3 is 5.97 Å². The van der Waals surface area contributed by atoms with Gasteiger partial charge in [0.1, 0.15) is 6.54 Å². The van der Waals surface area contributed by atoms with E-state index in [1.165, 1.54) is 22.9 Å². The van der Waals surface area contributed by atoms with Gasteiger partial charge in [0, 0.05) is 17.4 Å². The van der Waals surface area contributed by atoms with E-state index in [0.29, 0.717) is 11.4 Å². The van der Waals surface area contributed by atoms with Crippen molar-refractivity contribution in [2.24, 2.45) is 5.41 Å². The first-order valence-electron chi connectivity index (χ1n) is 7.27. The summed E-state index contributed by atoms with van der Waals surface area (Å²) in [6.45, 7) is -0.695. The molecule has 9 heteroatoms. The third kappa shape index (κ3) is 2.89. The number of nitrogens with one attached hydrogen (secondary N) is 2. The molecule has 0 bridgehead atoms. The second-order valence-corrected chi connectivity index (χ2v) is 6.19. The number of rotatable bonds is 5. The summed E-state index contributed by atoms with van der Waals surface area (Å²) in [4.78, 5) is 53.3. The molecule has 0 spiro atoms. The van der Waals surface area contributed by atoms with E-state index in [2.05, 4.69) is 15.6 Å². The number of carbonyl (C=O) groups excluding carboxylic acids is 3. The molecule has 3 N–H and O–H groups in total. The van der Waals surface area contributed by atoms with Crippen molar-refractivity contribution in [2.75, 3.05) is 11.9 Å². The lowest BCUT2D eigenvalue weighted by Gasteiger charge is -2.33. The molecule has 8 nitrogen and oxygen atoms in total. The van der Waals surface area contributed by atoms with Gasteiger partial charge in [-0.1, -0.05) is 12.1 Å². The maximum Gasteiger partial charge on any atom is 0.322 e. The molecule has 1 aromatic carbocycles. The molecule has 0 radical (unpaired) electrons. The van der Waals surface area contributed by atoms with Gasteiger partial charge in [0.25, 0.3) is 0 Å². The van der Waals surface area contributed by atoms with Gasteiger partial charge in [0.05, 0.1) is 16.9 Å². The Morgan fingerprint density at radius 1 is 1.28 bits per heavy atom. The largest absolute Gasteiger partial charge is 0.480 e. The lowest BCUT2D eigenvalue weighted by molar-refractivity contribution is -0.142. The average Bonchev–Trinajstić information content (AvgIpc) is 3.09. The zero-order chi connectivity index (χ0) is 18.0.